The van der Waals surface area contributed by atoms with E-state index in [4.69, 9.17) is 20.9 Å². The van der Waals surface area contributed by atoms with Gasteiger partial charge in [-0.3, -0.25) is 19.3 Å². The highest BCUT2D eigenvalue weighted by Crippen LogP contribution is 2.38. The van der Waals surface area contributed by atoms with Gasteiger partial charge in [0.2, 0.25) is 5.91 Å². The summed E-state index contributed by atoms with van der Waals surface area (Å²) in [6.07, 6.45) is 1.59. The molecule has 37 heavy (non-hydrogen) atoms. The third kappa shape index (κ3) is 5.49. The zero-order valence-electron chi connectivity index (χ0n) is 20.0. The number of rotatable bonds is 9. The van der Waals surface area contributed by atoms with Crippen LogP contribution in [0.15, 0.2) is 48.5 Å². The molecule has 0 radical (unpaired) electrons. The number of para-hydroxylation sites is 2. The normalized spacial score (nSPS) is 15.6. The maximum Gasteiger partial charge on any atom is 0.273 e. The topological polar surface area (TPSA) is 170 Å². The van der Waals surface area contributed by atoms with Crippen molar-refractivity contribution in [1.82, 2.24) is 9.69 Å². The first-order chi connectivity index (χ1) is 17.8. The minimum absolute atomic E-state index is 0.00441. The average Bonchev–Trinajstić information content (AvgIpc) is 3.56. The number of ether oxygens (including phenoxy) is 2. The number of hydrogen-bond acceptors (Lipinski definition) is 9. The highest BCUT2D eigenvalue weighted by Gasteiger charge is 2.37. The van der Waals surface area contributed by atoms with E-state index in [0.29, 0.717) is 29.5 Å². The van der Waals surface area contributed by atoms with Crippen LogP contribution < -0.4 is 26.4 Å². The van der Waals surface area contributed by atoms with E-state index in [2.05, 4.69) is 9.69 Å². The number of anilines is 2. The second kappa shape index (κ2) is 11.3. The lowest BCUT2D eigenvalue weighted by atomic mass is 10.0. The van der Waals surface area contributed by atoms with Crippen molar-refractivity contribution in [3.05, 3.63) is 64.7 Å². The van der Waals surface area contributed by atoms with E-state index in [-0.39, 0.29) is 40.3 Å². The second-order valence-electron chi connectivity index (χ2n) is 8.36. The minimum Gasteiger partial charge on any atom is -0.508 e. The van der Waals surface area contributed by atoms with E-state index in [9.17, 15) is 19.5 Å². The first-order valence-electron chi connectivity index (χ1n) is 11.5. The van der Waals surface area contributed by atoms with E-state index in [1.165, 1.54) is 24.1 Å². The van der Waals surface area contributed by atoms with Crippen LogP contribution in [-0.2, 0) is 9.53 Å². The van der Waals surface area contributed by atoms with E-state index < -0.39 is 23.8 Å². The van der Waals surface area contributed by atoms with Gasteiger partial charge < -0.3 is 31.4 Å². The smallest absolute Gasteiger partial charge is 0.273 e. The maximum atomic E-state index is 14.1. The number of phenolic OH excluding ortho intramolecular Hbond substituents is 1. The van der Waals surface area contributed by atoms with Crippen molar-refractivity contribution in [3.8, 4) is 11.5 Å². The van der Waals surface area contributed by atoms with E-state index in [1.54, 1.807) is 36.4 Å². The molecule has 12 heteroatoms. The summed E-state index contributed by atoms with van der Waals surface area (Å²) < 4.78 is 15.1. The summed E-state index contributed by atoms with van der Waals surface area (Å²) in [4.78, 5) is 40.8. The Morgan fingerprint density at radius 1 is 1.24 bits per heavy atom. The predicted octanol–water partition coefficient (Wildman–Crippen LogP) is 2.22. The van der Waals surface area contributed by atoms with E-state index in [0.717, 1.165) is 12.8 Å². The molecule has 0 aliphatic carbocycles. The molecule has 2 aromatic carbocycles. The number of nitrogens with zero attached hydrogens (tertiary/aromatic N) is 2. The number of methoxy groups -OCH3 is 1. The Bertz CT molecular complexity index is 1290. The molecule has 0 saturated carbocycles. The van der Waals surface area contributed by atoms with Crippen molar-refractivity contribution >= 4 is 40.6 Å². The molecule has 11 nitrogen and oxygen atoms in total. The van der Waals surface area contributed by atoms with Gasteiger partial charge in [-0.1, -0.05) is 24.3 Å². The maximum absolute atomic E-state index is 14.1. The summed E-state index contributed by atoms with van der Waals surface area (Å²) in [7, 11) is 1.45. The second-order valence-corrected chi connectivity index (χ2v) is 9.13. The highest BCUT2D eigenvalue weighted by molar-refractivity contribution is 7.09. The van der Waals surface area contributed by atoms with Crippen LogP contribution in [0.5, 0.6) is 11.5 Å². The van der Waals surface area contributed by atoms with Crippen molar-refractivity contribution in [2.24, 2.45) is 5.73 Å². The standard InChI is InChI=1S/C25H27N5O6S/c1-35-18-7-3-2-6-17(18)30(25(34)22-19(26)20(23(27)32)29-37-22)21(14-8-10-15(31)11-9-14)24(33)28-13-16-5-4-12-36-16/h2-3,6-11,16,21,31H,4-5,12-13,26H2,1H3,(H2,27,32)(H,28,33). The highest BCUT2D eigenvalue weighted by atomic mass is 32.1. The number of nitrogens with one attached hydrogen (secondary N) is 1. The summed E-state index contributed by atoms with van der Waals surface area (Å²) in [5.74, 6) is -1.72. The van der Waals surface area contributed by atoms with Crippen molar-refractivity contribution in [2.75, 3.05) is 30.9 Å². The van der Waals surface area contributed by atoms with E-state index in [1.807, 2.05) is 0 Å². The molecule has 2 atom stereocenters. The third-order valence-corrected chi connectivity index (χ3v) is 6.81. The van der Waals surface area contributed by atoms with Gasteiger partial charge in [0.05, 0.1) is 24.6 Å². The van der Waals surface area contributed by atoms with Gasteiger partial charge in [-0.2, -0.15) is 4.37 Å². The molecule has 3 amide bonds. The summed E-state index contributed by atoms with van der Waals surface area (Å²) >= 11 is 0.710. The van der Waals surface area contributed by atoms with Crippen LogP contribution in [0.3, 0.4) is 0 Å². The van der Waals surface area contributed by atoms with Crippen molar-refractivity contribution in [2.45, 2.75) is 25.0 Å². The SMILES string of the molecule is COc1ccccc1N(C(=O)c1snc(C(N)=O)c1N)C(C(=O)NCC1CCCO1)c1ccc(O)cc1. The number of carbonyl (C=O) groups is 3. The quantitative estimate of drug-likeness (QED) is 0.329. The van der Waals surface area contributed by atoms with Crippen LogP contribution in [-0.4, -0.2) is 53.6 Å². The molecule has 4 rings (SSSR count). The lowest BCUT2D eigenvalue weighted by molar-refractivity contribution is -0.123. The van der Waals surface area contributed by atoms with Crippen LogP contribution in [0.4, 0.5) is 11.4 Å². The summed E-state index contributed by atoms with van der Waals surface area (Å²) in [5.41, 5.74) is 11.7. The predicted molar refractivity (Wildman–Crippen MR) is 138 cm³/mol. The van der Waals surface area contributed by atoms with Gasteiger partial charge in [0.15, 0.2) is 5.69 Å². The van der Waals surface area contributed by atoms with Crippen molar-refractivity contribution in [3.63, 3.8) is 0 Å². The number of nitrogen functional groups attached to an aromatic ring is 1. The molecule has 1 saturated heterocycles. The molecule has 1 aliphatic rings. The Hall–Kier alpha value is -4.16. The van der Waals surface area contributed by atoms with Crippen LogP contribution in [0, 0.1) is 0 Å². The lowest BCUT2D eigenvalue weighted by Crippen LogP contribution is -2.45. The Balaban J connectivity index is 1.84. The van der Waals surface area contributed by atoms with Crippen LogP contribution in [0.1, 0.15) is 44.6 Å². The Morgan fingerprint density at radius 3 is 2.59 bits per heavy atom. The largest absolute Gasteiger partial charge is 0.508 e. The van der Waals surface area contributed by atoms with E-state index >= 15 is 0 Å². The fourth-order valence-corrected chi connectivity index (χ4v) is 4.87. The first kappa shape index (κ1) is 25.9. The Kier molecular flexibility index (Phi) is 7.89. The fourth-order valence-electron chi connectivity index (χ4n) is 4.12. The van der Waals surface area contributed by atoms with Gasteiger partial charge in [0, 0.05) is 13.2 Å². The lowest BCUT2D eigenvalue weighted by Gasteiger charge is -2.32. The molecule has 1 fully saturated rings. The number of aromatic nitrogens is 1. The van der Waals surface area contributed by atoms with Gasteiger partial charge in [0.1, 0.15) is 22.4 Å². The number of aromatic hydroxyl groups is 1. The number of carbonyl (C=O) groups excluding carboxylic acids is 3. The molecule has 2 heterocycles. The van der Waals surface area contributed by atoms with Gasteiger partial charge >= 0.3 is 0 Å². The van der Waals surface area contributed by atoms with Crippen LogP contribution in [0.25, 0.3) is 0 Å². The van der Waals surface area contributed by atoms with Crippen LogP contribution >= 0.6 is 11.5 Å². The average molecular weight is 526 g/mol. The summed E-state index contributed by atoms with van der Waals surface area (Å²) in [6.45, 7) is 0.885. The molecule has 2 unspecified atom stereocenters. The van der Waals surface area contributed by atoms with Gasteiger partial charge in [-0.05, 0) is 54.2 Å². The molecule has 0 spiro atoms. The molecular weight excluding hydrogens is 498 g/mol. The monoisotopic (exact) mass is 525 g/mol. The number of hydrogen-bond donors (Lipinski definition) is 4. The molecule has 1 aromatic heterocycles. The Labute approximate surface area is 217 Å². The summed E-state index contributed by atoms with van der Waals surface area (Å²) in [6, 6.07) is 11.4. The Morgan fingerprint density at radius 2 is 1.97 bits per heavy atom. The van der Waals surface area contributed by atoms with Gasteiger partial charge in [-0.25, -0.2) is 0 Å². The minimum atomic E-state index is -1.20. The molecule has 1 aliphatic heterocycles. The number of phenols is 1. The fraction of sp³-hybridized carbons (Fsp3) is 0.280. The number of nitrogens with two attached hydrogens (primary N) is 2. The number of benzene rings is 2. The van der Waals surface area contributed by atoms with Crippen molar-refractivity contribution in [1.29, 1.82) is 0 Å². The molecule has 6 N–H and O–H groups in total. The first-order valence-corrected chi connectivity index (χ1v) is 12.3. The molecule has 0 bridgehead atoms. The number of amides is 3. The molecule has 3 aromatic rings. The van der Waals surface area contributed by atoms with Gasteiger partial charge in [0.25, 0.3) is 11.8 Å². The molecule has 194 valence electrons. The number of primary amides is 1. The van der Waals surface area contributed by atoms with Crippen molar-refractivity contribution < 1.29 is 29.0 Å². The zero-order valence-corrected chi connectivity index (χ0v) is 20.9. The van der Waals surface area contributed by atoms with Gasteiger partial charge in [-0.15, -0.1) is 0 Å². The van der Waals surface area contributed by atoms with Crippen LogP contribution in [0.2, 0.25) is 0 Å². The third-order valence-electron chi connectivity index (χ3n) is 5.96. The molecular formula is C25H27N5O6S. The summed E-state index contributed by atoms with van der Waals surface area (Å²) in [5, 5.41) is 12.7. The zero-order chi connectivity index (χ0) is 26.5.